The number of primary amides is 1. The van der Waals surface area contributed by atoms with E-state index in [1.807, 2.05) is 0 Å². The molecule has 0 radical (unpaired) electrons. The summed E-state index contributed by atoms with van der Waals surface area (Å²) < 4.78 is 26.0. The minimum atomic E-state index is -0.485. The molecule has 1 aromatic carbocycles. The largest absolute Gasteiger partial charge is 0.370 e. The predicted molar refractivity (Wildman–Crippen MR) is 56.5 cm³/mol. The van der Waals surface area contributed by atoms with Crippen LogP contribution in [0.4, 0.5) is 8.78 Å². The number of hydrogen-bond donors (Lipinski definition) is 2. The zero-order valence-electron chi connectivity index (χ0n) is 8.97. The van der Waals surface area contributed by atoms with Gasteiger partial charge in [0.25, 0.3) is 0 Å². The van der Waals surface area contributed by atoms with Crippen molar-refractivity contribution in [2.75, 3.05) is 0 Å². The van der Waals surface area contributed by atoms with Gasteiger partial charge in [-0.3, -0.25) is 4.79 Å². The van der Waals surface area contributed by atoms with Crippen LogP contribution in [0.5, 0.6) is 0 Å². The summed E-state index contributed by atoms with van der Waals surface area (Å²) in [6.45, 7) is 1.92. The Morgan fingerprint density at radius 2 is 2.19 bits per heavy atom. The van der Waals surface area contributed by atoms with Gasteiger partial charge in [0.05, 0.1) is 0 Å². The molecule has 0 spiro atoms. The Hall–Kier alpha value is -1.49. The first-order valence-corrected chi connectivity index (χ1v) is 4.94. The van der Waals surface area contributed by atoms with Gasteiger partial charge in [-0.25, -0.2) is 8.78 Å². The van der Waals surface area contributed by atoms with E-state index in [4.69, 9.17) is 5.73 Å². The molecule has 0 aliphatic rings. The van der Waals surface area contributed by atoms with Gasteiger partial charge in [0.2, 0.25) is 5.91 Å². The average molecular weight is 228 g/mol. The number of nitrogens with one attached hydrogen (secondary N) is 1. The molecule has 0 aromatic heterocycles. The van der Waals surface area contributed by atoms with E-state index in [9.17, 15) is 13.6 Å². The third kappa shape index (κ3) is 3.94. The first-order valence-electron chi connectivity index (χ1n) is 4.94. The van der Waals surface area contributed by atoms with Gasteiger partial charge in [0.1, 0.15) is 11.6 Å². The van der Waals surface area contributed by atoms with Crippen molar-refractivity contribution in [2.24, 2.45) is 5.73 Å². The van der Waals surface area contributed by atoms with Gasteiger partial charge < -0.3 is 11.1 Å². The van der Waals surface area contributed by atoms with Crippen LogP contribution < -0.4 is 11.1 Å². The monoisotopic (exact) mass is 228 g/mol. The third-order valence-electron chi connectivity index (χ3n) is 2.16. The van der Waals surface area contributed by atoms with Gasteiger partial charge in [-0.05, 0) is 25.1 Å². The van der Waals surface area contributed by atoms with Crippen LogP contribution in [0.2, 0.25) is 0 Å². The van der Waals surface area contributed by atoms with E-state index in [0.29, 0.717) is 0 Å². The molecule has 1 aromatic rings. The number of halogens is 2. The van der Waals surface area contributed by atoms with Gasteiger partial charge >= 0.3 is 0 Å². The second kappa shape index (κ2) is 5.55. The zero-order chi connectivity index (χ0) is 12.1. The molecule has 0 fully saturated rings. The molecule has 88 valence electrons. The topological polar surface area (TPSA) is 55.1 Å². The molecule has 3 N–H and O–H groups in total. The number of benzene rings is 1. The molecule has 0 aliphatic carbocycles. The zero-order valence-corrected chi connectivity index (χ0v) is 8.97. The quantitative estimate of drug-likeness (QED) is 0.798. The molecular formula is C11H14F2N2O. The van der Waals surface area contributed by atoms with Crippen molar-refractivity contribution in [3.05, 3.63) is 35.4 Å². The molecule has 5 heteroatoms. The van der Waals surface area contributed by atoms with Gasteiger partial charge in [-0.1, -0.05) is 0 Å². The maximum absolute atomic E-state index is 13.2. The van der Waals surface area contributed by atoms with Crippen LogP contribution in [0.25, 0.3) is 0 Å². The lowest BCUT2D eigenvalue weighted by Gasteiger charge is -2.12. The fraction of sp³-hybridized carbons (Fsp3) is 0.364. The number of hydrogen-bond acceptors (Lipinski definition) is 2. The number of carbonyl (C=O) groups excluding carboxylic acids is 1. The van der Waals surface area contributed by atoms with E-state index < -0.39 is 17.5 Å². The standard InChI is InChI=1S/C11H14F2N2O/c1-7(4-11(14)16)15-6-8-5-9(12)2-3-10(8)13/h2-3,5,7,15H,4,6H2,1H3,(H2,14,16). The molecule has 1 atom stereocenters. The van der Waals surface area contributed by atoms with Crippen molar-refractivity contribution in [2.45, 2.75) is 25.9 Å². The highest BCUT2D eigenvalue weighted by atomic mass is 19.1. The Morgan fingerprint density at radius 3 is 2.81 bits per heavy atom. The Balaban J connectivity index is 2.54. The van der Waals surface area contributed by atoms with E-state index in [-0.39, 0.29) is 24.6 Å². The molecule has 0 heterocycles. The number of rotatable bonds is 5. The molecule has 0 bridgehead atoms. The van der Waals surface area contributed by atoms with E-state index in [2.05, 4.69) is 5.32 Å². The minimum Gasteiger partial charge on any atom is -0.370 e. The molecule has 0 aliphatic heterocycles. The van der Waals surface area contributed by atoms with Crippen molar-refractivity contribution in [1.29, 1.82) is 0 Å². The van der Waals surface area contributed by atoms with Crippen LogP contribution >= 0.6 is 0 Å². The van der Waals surface area contributed by atoms with Crippen LogP contribution in [0.15, 0.2) is 18.2 Å². The van der Waals surface area contributed by atoms with Gasteiger partial charge in [0.15, 0.2) is 0 Å². The van der Waals surface area contributed by atoms with E-state index in [1.165, 1.54) is 0 Å². The second-order valence-electron chi connectivity index (χ2n) is 3.69. The Morgan fingerprint density at radius 1 is 1.50 bits per heavy atom. The van der Waals surface area contributed by atoms with Crippen LogP contribution in [-0.4, -0.2) is 11.9 Å². The summed E-state index contributed by atoms with van der Waals surface area (Å²) in [6.07, 6.45) is 0.164. The van der Waals surface area contributed by atoms with Crippen LogP contribution in [-0.2, 0) is 11.3 Å². The number of nitrogens with two attached hydrogens (primary N) is 1. The van der Waals surface area contributed by atoms with E-state index in [0.717, 1.165) is 18.2 Å². The maximum Gasteiger partial charge on any atom is 0.218 e. The Labute approximate surface area is 92.6 Å². The van der Waals surface area contributed by atoms with Crippen molar-refractivity contribution in [1.82, 2.24) is 5.32 Å². The van der Waals surface area contributed by atoms with Crippen molar-refractivity contribution in [3.63, 3.8) is 0 Å². The number of amides is 1. The van der Waals surface area contributed by atoms with E-state index in [1.54, 1.807) is 6.92 Å². The second-order valence-corrected chi connectivity index (χ2v) is 3.69. The summed E-state index contributed by atoms with van der Waals surface area (Å²) in [4.78, 5) is 10.6. The normalized spacial score (nSPS) is 12.4. The van der Waals surface area contributed by atoms with Gasteiger partial charge in [0, 0.05) is 24.6 Å². The highest BCUT2D eigenvalue weighted by Crippen LogP contribution is 2.09. The summed E-state index contributed by atoms with van der Waals surface area (Å²) >= 11 is 0. The molecule has 0 saturated heterocycles. The molecular weight excluding hydrogens is 214 g/mol. The predicted octanol–water partition coefficient (Wildman–Crippen LogP) is 1.32. The lowest BCUT2D eigenvalue weighted by molar-refractivity contribution is -0.118. The van der Waals surface area contributed by atoms with Crippen molar-refractivity contribution < 1.29 is 13.6 Å². The lowest BCUT2D eigenvalue weighted by atomic mass is 10.1. The fourth-order valence-electron chi connectivity index (χ4n) is 1.34. The van der Waals surface area contributed by atoms with Crippen LogP contribution in [0.3, 0.4) is 0 Å². The molecule has 3 nitrogen and oxygen atoms in total. The minimum absolute atomic E-state index is 0.164. The molecule has 1 rings (SSSR count). The molecule has 0 saturated carbocycles. The van der Waals surface area contributed by atoms with Crippen molar-refractivity contribution >= 4 is 5.91 Å². The number of carbonyl (C=O) groups is 1. The summed E-state index contributed by atoms with van der Waals surface area (Å²) in [5, 5.41) is 2.89. The van der Waals surface area contributed by atoms with E-state index >= 15 is 0 Å². The van der Waals surface area contributed by atoms with Gasteiger partial charge in [-0.15, -0.1) is 0 Å². The van der Waals surface area contributed by atoms with Crippen molar-refractivity contribution in [3.8, 4) is 0 Å². The third-order valence-corrected chi connectivity index (χ3v) is 2.16. The highest BCUT2D eigenvalue weighted by Gasteiger charge is 2.08. The average Bonchev–Trinajstić information content (AvgIpc) is 2.18. The van der Waals surface area contributed by atoms with Crippen LogP contribution in [0, 0.1) is 11.6 Å². The smallest absolute Gasteiger partial charge is 0.218 e. The summed E-state index contributed by atoms with van der Waals surface area (Å²) in [7, 11) is 0. The lowest BCUT2D eigenvalue weighted by Crippen LogP contribution is -2.30. The molecule has 16 heavy (non-hydrogen) atoms. The first kappa shape index (κ1) is 12.6. The summed E-state index contributed by atoms with van der Waals surface area (Å²) in [6, 6.07) is 3.09. The highest BCUT2D eigenvalue weighted by molar-refractivity contribution is 5.74. The first-order chi connectivity index (χ1) is 7.49. The maximum atomic E-state index is 13.2. The van der Waals surface area contributed by atoms with Crippen LogP contribution in [0.1, 0.15) is 18.9 Å². The fourth-order valence-corrected chi connectivity index (χ4v) is 1.34. The Kier molecular flexibility index (Phi) is 4.37. The summed E-state index contributed by atoms with van der Waals surface area (Å²) in [5.41, 5.74) is 5.24. The van der Waals surface area contributed by atoms with Gasteiger partial charge in [-0.2, -0.15) is 0 Å². The Bertz CT molecular complexity index is 382. The SMILES string of the molecule is CC(CC(N)=O)NCc1cc(F)ccc1F. The molecule has 1 amide bonds. The summed E-state index contributed by atoms with van der Waals surface area (Å²) in [5.74, 6) is -1.39. The molecule has 1 unspecified atom stereocenters.